The summed E-state index contributed by atoms with van der Waals surface area (Å²) in [4.78, 5) is 18.2. The molecule has 1 unspecified atom stereocenters. The van der Waals surface area contributed by atoms with Crippen LogP contribution in [0.4, 0.5) is 4.39 Å². The Bertz CT molecular complexity index is 963. The number of hydrogen-bond acceptors (Lipinski definition) is 5. The van der Waals surface area contributed by atoms with Crippen LogP contribution >= 0.6 is 23.1 Å². The smallest absolute Gasteiger partial charge is 0.252 e. The van der Waals surface area contributed by atoms with E-state index in [9.17, 15) is 9.18 Å². The molecule has 0 aliphatic carbocycles. The van der Waals surface area contributed by atoms with Crippen LogP contribution in [0.25, 0.3) is 0 Å². The van der Waals surface area contributed by atoms with E-state index in [4.69, 9.17) is 4.74 Å². The number of rotatable bonds is 5. The molecule has 4 rings (SSSR count). The number of hydrogen-bond donors (Lipinski definition) is 1. The Balaban J connectivity index is 1.53. The van der Waals surface area contributed by atoms with Gasteiger partial charge in [0.1, 0.15) is 11.6 Å². The van der Waals surface area contributed by atoms with Crippen molar-refractivity contribution in [3.8, 4) is 5.75 Å². The molecule has 0 saturated carbocycles. The summed E-state index contributed by atoms with van der Waals surface area (Å²) < 4.78 is 19.5. The molecule has 2 aromatic carbocycles. The molecular formula is C21H19FN2O2S2. The van der Waals surface area contributed by atoms with Crippen LogP contribution in [0.2, 0.25) is 0 Å². The zero-order valence-electron chi connectivity index (χ0n) is 15.1. The fourth-order valence-corrected chi connectivity index (χ4v) is 4.79. The maximum absolute atomic E-state index is 13.8. The van der Waals surface area contributed by atoms with E-state index in [1.54, 1.807) is 34.7 Å². The van der Waals surface area contributed by atoms with Gasteiger partial charge in [0.15, 0.2) is 0 Å². The van der Waals surface area contributed by atoms with Gasteiger partial charge in [0.05, 0.1) is 29.4 Å². The second-order valence-electron chi connectivity index (χ2n) is 6.46. The lowest BCUT2D eigenvalue weighted by Crippen LogP contribution is -2.28. The van der Waals surface area contributed by atoms with Gasteiger partial charge in [-0.25, -0.2) is 9.37 Å². The average molecular weight is 415 g/mol. The Labute approximate surface area is 171 Å². The third-order valence-electron chi connectivity index (χ3n) is 4.54. The molecule has 1 aromatic heterocycles. The Morgan fingerprint density at radius 2 is 2.21 bits per heavy atom. The van der Waals surface area contributed by atoms with Crippen molar-refractivity contribution in [2.24, 2.45) is 0 Å². The molecule has 0 fully saturated rings. The van der Waals surface area contributed by atoms with Crippen LogP contribution in [0.5, 0.6) is 5.75 Å². The Kier molecular flexibility index (Phi) is 5.92. The minimum absolute atomic E-state index is 0.163. The normalized spacial score (nSPS) is 16.0. The number of aromatic nitrogens is 1. The second kappa shape index (κ2) is 8.75. The Morgan fingerprint density at radius 3 is 3.07 bits per heavy atom. The van der Waals surface area contributed by atoms with Gasteiger partial charge in [0.25, 0.3) is 5.91 Å². The van der Waals surface area contributed by atoms with Gasteiger partial charge in [-0.2, -0.15) is 0 Å². The number of thioether (sulfide) groups is 1. The van der Waals surface area contributed by atoms with Crippen molar-refractivity contribution < 1.29 is 13.9 Å². The third-order valence-corrected chi connectivity index (χ3v) is 6.28. The molecule has 2 heterocycles. The predicted molar refractivity (Wildman–Crippen MR) is 109 cm³/mol. The SMILES string of the molecule is O=C(NC1CCCOc2ccc(F)cc21)c1ccccc1SCc1cscn1. The van der Waals surface area contributed by atoms with E-state index in [2.05, 4.69) is 10.3 Å². The van der Waals surface area contributed by atoms with Gasteiger partial charge in [0.2, 0.25) is 0 Å². The van der Waals surface area contributed by atoms with Gasteiger partial charge < -0.3 is 10.1 Å². The molecule has 4 nitrogen and oxygen atoms in total. The number of thiazole rings is 1. The van der Waals surface area contributed by atoms with E-state index >= 15 is 0 Å². The molecule has 0 bridgehead atoms. The first-order valence-electron chi connectivity index (χ1n) is 9.03. The van der Waals surface area contributed by atoms with Gasteiger partial charge in [-0.05, 0) is 43.2 Å². The molecule has 1 aliphatic rings. The number of carbonyl (C=O) groups is 1. The van der Waals surface area contributed by atoms with Crippen LogP contribution in [-0.4, -0.2) is 17.5 Å². The number of amides is 1. The summed E-state index contributed by atoms with van der Waals surface area (Å²) in [6.45, 7) is 0.561. The van der Waals surface area contributed by atoms with Gasteiger partial charge in [0, 0.05) is 21.6 Å². The second-order valence-corrected chi connectivity index (χ2v) is 8.20. The number of halogens is 1. The maximum Gasteiger partial charge on any atom is 0.252 e. The van der Waals surface area contributed by atoms with Crippen molar-refractivity contribution >= 4 is 29.0 Å². The van der Waals surface area contributed by atoms with Gasteiger partial charge >= 0.3 is 0 Å². The number of ether oxygens (including phenoxy) is 1. The highest BCUT2D eigenvalue weighted by Crippen LogP contribution is 2.33. The van der Waals surface area contributed by atoms with Crippen molar-refractivity contribution in [1.82, 2.24) is 10.3 Å². The van der Waals surface area contributed by atoms with E-state index in [0.29, 0.717) is 35.7 Å². The maximum atomic E-state index is 13.8. The minimum atomic E-state index is -0.331. The van der Waals surface area contributed by atoms with E-state index < -0.39 is 0 Å². The summed E-state index contributed by atoms with van der Waals surface area (Å²) in [5.41, 5.74) is 4.11. The highest BCUT2D eigenvalue weighted by atomic mass is 32.2. The Hall–Kier alpha value is -2.38. The lowest BCUT2D eigenvalue weighted by molar-refractivity contribution is 0.0931. The van der Waals surface area contributed by atoms with Gasteiger partial charge in [-0.15, -0.1) is 23.1 Å². The lowest BCUT2D eigenvalue weighted by Gasteiger charge is -2.19. The zero-order chi connectivity index (χ0) is 19.3. The first-order chi connectivity index (χ1) is 13.7. The summed E-state index contributed by atoms with van der Waals surface area (Å²) in [5.74, 6) is 0.848. The highest BCUT2D eigenvalue weighted by Gasteiger charge is 2.23. The summed E-state index contributed by atoms with van der Waals surface area (Å²) in [5, 5.41) is 5.09. The largest absolute Gasteiger partial charge is 0.493 e. The monoisotopic (exact) mass is 414 g/mol. The first kappa shape index (κ1) is 19.0. The Morgan fingerprint density at radius 1 is 1.32 bits per heavy atom. The van der Waals surface area contributed by atoms with Crippen LogP contribution in [0.1, 0.15) is 40.5 Å². The fraction of sp³-hybridized carbons (Fsp3) is 0.238. The number of fused-ring (bicyclic) bond motifs is 1. The molecule has 3 aromatic rings. The molecule has 1 amide bonds. The number of nitrogens with one attached hydrogen (secondary N) is 1. The van der Waals surface area contributed by atoms with Gasteiger partial charge in [-0.1, -0.05) is 12.1 Å². The molecule has 0 spiro atoms. The first-order valence-corrected chi connectivity index (χ1v) is 11.0. The van der Waals surface area contributed by atoms with E-state index in [-0.39, 0.29) is 17.8 Å². The van der Waals surface area contributed by atoms with E-state index in [0.717, 1.165) is 17.0 Å². The van der Waals surface area contributed by atoms with Crippen LogP contribution in [-0.2, 0) is 5.75 Å². The molecule has 7 heteroatoms. The summed E-state index contributed by atoms with van der Waals surface area (Å²) >= 11 is 3.14. The van der Waals surface area contributed by atoms with E-state index in [1.165, 1.54) is 12.1 Å². The van der Waals surface area contributed by atoms with Crippen LogP contribution < -0.4 is 10.1 Å². The lowest BCUT2D eigenvalue weighted by atomic mass is 10.0. The van der Waals surface area contributed by atoms with Crippen LogP contribution in [0.3, 0.4) is 0 Å². The standard InChI is InChI=1S/C21H19FN2O2S2/c22-14-7-8-19-17(10-14)18(5-3-9-26-19)24-21(25)16-4-1-2-6-20(16)28-12-15-11-27-13-23-15/h1-2,4,6-8,10-11,13,18H,3,5,9,12H2,(H,24,25). The summed E-state index contributed by atoms with van der Waals surface area (Å²) in [6, 6.07) is 11.7. The van der Waals surface area contributed by atoms with Crippen molar-refractivity contribution in [2.45, 2.75) is 29.5 Å². The average Bonchev–Trinajstić information content (AvgIpc) is 3.16. The number of carbonyl (C=O) groups excluding carboxylic acids is 1. The van der Waals surface area contributed by atoms with Crippen molar-refractivity contribution in [3.63, 3.8) is 0 Å². The molecule has 28 heavy (non-hydrogen) atoms. The molecule has 1 N–H and O–H groups in total. The topological polar surface area (TPSA) is 51.2 Å². The number of nitrogens with zero attached hydrogens (tertiary/aromatic N) is 1. The zero-order valence-corrected chi connectivity index (χ0v) is 16.7. The minimum Gasteiger partial charge on any atom is -0.493 e. The van der Waals surface area contributed by atoms with Crippen LogP contribution in [0, 0.1) is 5.82 Å². The van der Waals surface area contributed by atoms with Crippen LogP contribution in [0.15, 0.2) is 58.3 Å². The van der Waals surface area contributed by atoms with Crippen molar-refractivity contribution in [3.05, 3.63) is 76.0 Å². The summed E-state index contributed by atoms with van der Waals surface area (Å²) in [6.07, 6.45) is 1.50. The fourth-order valence-electron chi connectivity index (χ4n) is 3.17. The van der Waals surface area contributed by atoms with Gasteiger partial charge in [-0.3, -0.25) is 4.79 Å². The summed E-state index contributed by atoms with van der Waals surface area (Å²) in [7, 11) is 0. The molecule has 0 saturated heterocycles. The third kappa shape index (κ3) is 4.36. The van der Waals surface area contributed by atoms with Crippen molar-refractivity contribution in [2.75, 3.05) is 6.61 Å². The number of benzene rings is 2. The quantitative estimate of drug-likeness (QED) is 0.582. The highest BCUT2D eigenvalue weighted by molar-refractivity contribution is 7.98. The van der Waals surface area contributed by atoms with Crippen molar-refractivity contribution in [1.29, 1.82) is 0 Å². The molecule has 0 radical (unpaired) electrons. The molecule has 144 valence electrons. The molecular weight excluding hydrogens is 395 g/mol. The predicted octanol–water partition coefficient (Wildman–Crippen LogP) is 5.22. The molecule has 1 aliphatic heterocycles. The molecule has 1 atom stereocenters. The van der Waals surface area contributed by atoms with E-state index in [1.807, 2.05) is 29.6 Å².